The van der Waals surface area contributed by atoms with Gasteiger partial charge in [-0.2, -0.15) is 0 Å². The Morgan fingerprint density at radius 2 is 1.80 bits per heavy atom. The third-order valence-electron chi connectivity index (χ3n) is 3.79. The van der Waals surface area contributed by atoms with Crippen molar-refractivity contribution < 1.29 is 4.39 Å². The zero-order valence-electron chi connectivity index (χ0n) is 10.2. The first-order chi connectivity index (χ1) is 6.97. The molecule has 0 unspecified atom stereocenters. The van der Waals surface area contributed by atoms with Crippen LogP contribution in [0.5, 0.6) is 0 Å². The summed E-state index contributed by atoms with van der Waals surface area (Å²) in [6.07, 6.45) is 1.38. The van der Waals surface area contributed by atoms with E-state index < -0.39 is 6.17 Å². The van der Waals surface area contributed by atoms with E-state index in [9.17, 15) is 4.39 Å². The average Bonchev–Trinajstić information content (AvgIpc) is 2.69. The van der Waals surface area contributed by atoms with Gasteiger partial charge in [0.25, 0.3) is 0 Å². The van der Waals surface area contributed by atoms with Crippen LogP contribution in [0.3, 0.4) is 0 Å². The van der Waals surface area contributed by atoms with Gasteiger partial charge in [0.1, 0.15) is 6.17 Å². The average molecular weight is 214 g/mol. The molecule has 0 aromatic carbocycles. The molecule has 2 nitrogen and oxygen atoms in total. The minimum Gasteiger partial charge on any atom is -0.297 e. The summed E-state index contributed by atoms with van der Waals surface area (Å²) in [5.41, 5.74) is 0.267. The molecule has 15 heavy (non-hydrogen) atoms. The standard InChI is InChI=1S/C12H23FN2/c1-12(2,3)15-7-5-11(9-15)14-6-4-10(13)8-14/h10-11H,4-9H2,1-3H3/t10-,11+/m0/s1. The molecule has 2 rings (SSSR count). The van der Waals surface area contributed by atoms with Crippen LogP contribution in [0.4, 0.5) is 4.39 Å². The van der Waals surface area contributed by atoms with Gasteiger partial charge >= 0.3 is 0 Å². The fourth-order valence-electron chi connectivity index (χ4n) is 2.72. The lowest BCUT2D eigenvalue weighted by atomic mass is 10.1. The van der Waals surface area contributed by atoms with E-state index in [2.05, 4.69) is 30.6 Å². The highest BCUT2D eigenvalue weighted by atomic mass is 19.1. The summed E-state index contributed by atoms with van der Waals surface area (Å²) in [7, 11) is 0. The molecule has 2 heterocycles. The molecule has 0 bridgehead atoms. The van der Waals surface area contributed by atoms with Crippen LogP contribution in [0.25, 0.3) is 0 Å². The molecule has 2 saturated heterocycles. The van der Waals surface area contributed by atoms with Gasteiger partial charge in [-0.25, -0.2) is 4.39 Å². The molecular formula is C12H23FN2. The van der Waals surface area contributed by atoms with Crippen molar-refractivity contribution in [3.8, 4) is 0 Å². The van der Waals surface area contributed by atoms with Crippen LogP contribution in [-0.4, -0.2) is 53.7 Å². The van der Waals surface area contributed by atoms with Gasteiger partial charge in [0, 0.05) is 37.8 Å². The second-order valence-electron chi connectivity index (χ2n) is 5.94. The molecule has 88 valence electrons. The first-order valence-corrected chi connectivity index (χ1v) is 6.10. The Balaban J connectivity index is 1.87. The molecule has 2 atom stereocenters. The van der Waals surface area contributed by atoms with Crippen molar-refractivity contribution >= 4 is 0 Å². The number of rotatable bonds is 1. The van der Waals surface area contributed by atoms with Crippen molar-refractivity contribution in [3.63, 3.8) is 0 Å². The highest BCUT2D eigenvalue weighted by molar-refractivity contribution is 4.92. The molecule has 2 aliphatic rings. The topological polar surface area (TPSA) is 6.48 Å². The summed E-state index contributed by atoms with van der Waals surface area (Å²) < 4.78 is 13.1. The van der Waals surface area contributed by atoms with E-state index in [1.165, 1.54) is 13.0 Å². The highest BCUT2D eigenvalue weighted by Crippen LogP contribution is 2.26. The number of hydrogen-bond donors (Lipinski definition) is 0. The molecule has 0 aromatic heterocycles. The minimum absolute atomic E-state index is 0.267. The van der Waals surface area contributed by atoms with E-state index in [0.29, 0.717) is 12.6 Å². The van der Waals surface area contributed by atoms with Gasteiger partial charge in [-0.05, 0) is 33.6 Å². The maximum Gasteiger partial charge on any atom is 0.114 e. The second kappa shape index (κ2) is 4.02. The summed E-state index contributed by atoms with van der Waals surface area (Å²) in [5, 5.41) is 0. The predicted octanol–water partition coefficient (Wildman–Crippen LogP) is 1.90. The van der Waals surface area contributed by atoms with E-state index >= 15 is 0 Å². The normalized spacial score (nSPS) is 35.2. The molecule has 0 aliphatic carbocycles. The second-order valence-corrected chi connectivity index (χ2v) is 5.94. The van der Waals surface area contributed by atoms with Gasteiger partial charge in [0.15, 0.2) is 0 Å². The predicted molar refractivity (Wildman–Crippen MR) is 60.8 cm³/mol. The quantitative estimate of drug-likeness (QED) is 0.658. The van der Waals surface area contributed by atoms with Crippen molar-refractivity contribution in [2.45, 2.75) is 51.4 Å². The molecule has 0 radical (unpaired) electrons. The molecule has 2 aliphatic heterocycles. The van der Waals surface area contributed by atoms with Crippen LogP contribution in [0, 0.1) is 0 Å². The van der Waals surface area contributed by atoms with Gasteiger partial charge in [-0.1, -0.05) is 0 Å². The fraction of sp³-hybridized carbons (Fsp3) is 1.00. The van der Waals surface area contributed by atoms with Gasteiger partial charge in [0.2, 0.25) is 0 Å². The van der Waals surface area contributed by atoms with Crippen LogP contribution in [-0.2, 0) is 0 Å². The Hall–Kier alpha value is -0.150. The third kappa shape index (κ3) is 2.51. The number of likely N-dealkylation sites (tertiary alicyclic amines) is 2. The number of alkyl halides is 1. The lowest BCUT2D eigenvalue weighted by Gasteiger charge is -2.32. The highest BCUT2D eigenvalue weighted by Gasteiger charge is 2.35. The lowest BCUT2D eigenvalue weighted by molar-refractivity contribution is 0.150. The summed E-state index contributed by atoms with van der Waals surface area (Å²) in [5.74, 6) is 0. The van der Waals surface area contributed by atoms with Gasteiger partial charge in [-0.15, -0.1) is 0 Å². The third-order valence-corrected chi connectivity index (χ3v) is 3.79. The molecule has 0 aromatic rings. The van der Waals surface area contributed by atoms with Crippen molar-refractivity contribution in [3.05, 3.63) is 0 Å². The molecule has 2 fully saturated rings. The van der Waals surface area contributed by atoms with Crippen molar-refractivity contribution in [2.75, 3.05) is 26.2 Å². The summed E-state index contributed by atoms with van der Waals surface area (Å²) >= 11 is 0. The Labute approximate surface area is 92.4 Å². The zero-order chi connectivity index (χ0) is 11.1. The number of hydrogen-bond acceptors (Lipinski definition) is 2. The van der Waals surface area contributed by atoms with Crippen molar-refractivity contribution in [1.29, 1.82) is 0 Å². The smallest absolute Gasteiger partial charge is 0.114 e. The van der Waals surface area contributed by atoms with Gasteiger partial charge < -0.3 is 0 Å². The van der Waals surface area contributed by atoms with Crippen LogP contribution >= 0.6 is 0 Å². The van der Waals surface area contributed by atoms with Crippen LogP contribution < -0.4 is 0 Å². The van der Waals surface area contributed by atoms with Crippen LogP contribution in [0.2, 0.25) is 0 Å². The van der Waals surface area contributed by atoms with E-state index in [1.807, 2.05) is 0 Å². The fourth-order valence-corrected chi connectivity index (χ4v) is 2.72. The molecule has 3 heteroatoms. The molecular weight excluding hydrogens is 191 g/mol. The van der Waals surface area contributed by atoms with E-state index in [-0.39, 0.29) is 5.54 Å². The monoisotopic (exact) mass is 214 g/mol. The van der Waals surface area contributed by atoms with Crippen LogP contribution in [0.15, 0.2) is 0 Å². The number of halogens is 1. The lowest BCUT2D eigenvalue weighted by Crippen LogP contribution is -2.42. The van der Waals surface area contributed by atoms with Crippen molar-refractivity contribution in [1.82, 2.24) is 9.80 Å². The van der Waals surface area contributed by atoms with E-state index in [1.54, 1.807) is 0 Å². The Bertz CT molecular complexity index is 224. The maximum atomic E-state index is 13.1. The van der Waals surface area contributed by atoms with E-state index in [0.717, 1.165) is 19.5 Å². The molecule has 0 spiro atoms. The minimum atomic E-state index is -0.575. The summed E-state index contributed by atoms with van der Waals surface area (Å²) in [4.78, 5) is 4.86. The Morgan fingerprint density at radius 3 is 2.27 bits per heavy atom. The molecule has 0 amide bonds. The Kier molecular flexibility index (Phi) is 3.04. The van der Waals surface area contributed by atoms with Gasteiger partial charge in [-0.3, -0.25) is 9.80 Å². The largest absolute Gasteiger partial charge is 0.297 e. The first kappa shape index (κ1) is 11.3. The number of nitrogens with zero attached hydrogens (tertiary/aromatic N) is 2. The SMILES string of the molecule is CC(C)(C)N1CC[C@@H](N2CC[C@H](F)C2)C1. The zero-order valence-corrected chi connectivity index (χ0v) is 10.2. The molecule has 0 N–H and O–H groups in total. The van der Waals surface area contributed by atoms with Gasteiger partial charge in [0.05, 0.1) is 0 Å². The molecule has 0 saturated carbocycles. The Morgan fingerprint density at radius 1 is 1.07 bits per heavy atom. The maximum absolute atomic E-state index is 13.1. The first-order valence-electron chi connectivity index (χ1n) is 6.10. The summed E-state index contributed by atoms with van der Waals surface area (Å²) in [6.45, 7) is 10.7. The van der Waals surface area contributed by atoms with E-state index in [4.69, 9.17) is 0 Å². The van der Waals surface area contributed by atoms with Crippen LogP contribution in [0.1, 0.15) is 33.6 Å². The van der Waals surface area contributed by atoms with Crippen molar-refractivity contribution in [2.24, 2.45) is 0 Å². The summed E-state index contributed by atoms with van der Waals surface area (Å²) in [6, 6.07) is 0.602.